The summed E-state index contributed by atoms with van der Waals surface area (Å²) in [7, 11) is 0. The van der Waals surface area contributed by atoms with Gasteiger partial charge in [-0.2, -0.15) is 11.8 Å². The average Bonchev–Trinajstić information content (AvgIpc) is 2.98. The summed E-state index contributed by atoms with van der Waals surface area (Å²) in [5.41, 5.74) is 3.75. The van der Waals surface area contributed by atoms with Gasteiger partial charge in [0.25, 0.3) is 0 Å². The third-order valence-corrected chi connectivity index (χ3v) is 5.70. The van der Waals surface area contributed by atoms with Gasteiger partial charge in [-0.1, -0.05) is 26.0 Å². The highest BCUT2D eigenvalue weighted by molar-refractivity contribution is 8.00. The summed E-state index contributed by atoms with van der Waals surface area (Å²) < 4.78 is 16.8. The lowest BCUT2D eigenvalue weighted by Crippen LogP contribution is -2.39. The van der Waals surface area contributed by atoms with E-state index in [-0.39, 0.29) is 6.29 Å². The normalized spacial score (nSPS) is 26.0. The van der Waals surface area contributed by atoms with Crippen LogP contribution in [0.3, 0.4) is 0 Å². The number of thioether (sulfide) groups is 1. The Kier molecular flexibility index (Phi) is 6.08. The molecule has 0 N–H and O–H groups in total. The van der Waals surface area contributed by atoms with Crippen LogP contribution in [0.1, 0.15) is 30.5 Å². The van der Waals surface area contributed by atoms with Crippen molar-refractivity contribution >= 4 is 11.8 Å². The van der Waals surface area contributed by atoms with Crippen molar-refractivity contribution in [3.8, 4) is 5.75 Å². The maximum atomic E-state index is 5.96. The van der Waals surface area contributed by atoms with Gasteiger partial charge in [0, 0.05) is 30.1 Å². The molecule has 24 heavy (non-hydrogen) atoms. The van der Waals surface area contributed by atoms with Gasteiger partial charge in [0.15, 0.2) is 6.29 Å². The Hall–Kier alpha value is -0.750. The summed E-state index contributed by atoms with van der Waals surface area (Å²) in [5.74, 6) is 0.966. The highest BCUT2D eigenvalue weighted by Crippen LogP contribution is 2.29. The summed E-state index contributed by atoms with van der Waals surface area (Å²) >= 11 is 2.10. The molecule has 0 radical (unpaired) electrons. The van der Waals surface area contributed by atoms with Crippen molar-refractivity contribution in [2.75, 3.05) is 32.9 Å². The molecular formula is C19H29NO3S. The minimum absolute atomic E-state index is 0.225. The van der Waals surface area contributed by atoms with Gasteiger partial charge < -0.3 is 14.2 Å². The molecular weight excluding hydrogens is 322 g/mol. The molecule has 2 atom stereocenters. The van der Waals surface area contributed by atoms with Gasteiger partial charge in [0.1, 0.15) is 12.4 Å². The SMILES string of the molecule is Cc1cc(CN2CC(C)SC(C)C2)cc(C)c1OCC1OCCO1. The second-order valence-electron chi connectivity index (χ2n) is 6.99. The van der Waals surface area contributed by atoms with E-state index in [0.717, 1.165) is 12.3 Å². The van der Waals surface area contributed by atoms with Crippen LogP contribution < -0.4 is 4.74 Å². The number of rotatable bonds is 5. The van der Waals surface area contributed by atoms with Gasteiger partial charge in [0.05, 0.1) is 13.2 Å². The van der Waals surface area contributed by atoms with E-state index in [1.165, 1.54) is 29.8 Å². The molecule has 0 spiro atoms. The Morgan fingerprint density at radius 2 is 1.67 bits per heavy atom. The van der Waals surface area contributed by atoms with E-state index in [0.29, 0.717) is 30.3 Å². The lowest BCUT2D eigenvalue weighted by molar-refractivity contribution is -0.0686. The number of hydrogen-bond donors (Lipinski definition) is 0. The molecule has 2 fully saturated rings. The topological polar surface area (TPSA) is 30.9 Å². The maximum Gasteiger partial charge on any atom is 0.191 e. The van der Waals surface area contributed by atoms with Crippen molar-refractivity contribution < 1.29 is 14.2 Å². The van der Waals surface area contributed by atoms with Crippen molar-refractivity contribution in [2.24, 2.45) is 0 Å². The van der Waals surface area contributed by atoms with Crippen molar-refractivity contribution in [3.63, 3.8) is 0 Å². The van der Waals surface area contributed by atoms with Crippen LogP contribution in [0.5, 0.6) is 5.75 Å². The molecule has 0 amide bonds. The molecule has 0 bridgehead atoms. The molecule has 2 saturated heterocycles. The number of aryl methyl sites for hydroxylation is 2. The fourth-order valence-electron chi connectivity index (χ4n) is 3.69. The van der Waals surface area contributed by atoms with Gasteiger partial charge in [-0.15, -0.1) is 0 Å². The van der Waals surface area contributed by atoms with Crippen LogP contribution in [-0.4, -0.2) is 54.6 Å². The summed E-state index contributed by atoms with van der Waals surface area (Å²) in [6.07, 6.45) is -0.225. The van der Waals surface area contributed by atoms with Gasteiger partial charge in [0.2, 0.25) is 0 Å². The zero-order chi connectivity index (χ0) is 17.1. The summed E-state index contributed by atoms with van der Waals surface area (Å²) in [6.45, 7) is 14.0. The molecule has 2 aliphatic rings. The Bertz CT molecular complexity index is 527. The van der Waals surface area contributed by atoms with Crippen LogP contribution in [0, 0.1) is 13.8 Å². The largest absolute Gasteiger partial charge is 0.488 e. The predicted octanol–water partition coefficient (Wildman–Crippen LogP) is 3.38. The second-order valence-corrected chi connectivity index (χ2v) is 8.87. The van der Waals surface area contributed by atoms with E-state index in [2.05, 4.69) is 56.5 Å². The van der Waals surface area contributed by atoms with Crippen molar-refractivity contribution in [2.45, 2.75) is 51.0 Å². The van der Waals surface area contributed by atoms with Gasteiger partial charge in [-0.3, -0.25) is 4.90 Å². The van der Waals surface area contributed by atoms with Crippen LogP contribution in [0.2, 0.25) is 0 Å². The quantitative estimate of drug-likeness (QED) is 0.812. The fourth-order valence-corrected chi connectivity index (χ4v) is 5.07. The third-order valence-electron chi connectivity index (χ3n) is 4.48. The van der Waals surface area contributed by atoms with Gasteiger partial charge in [-0.05, 0) is 30.5 Å². The molecule has 1 aromatic rings. The summed E-state index contributed by atoms with van der Waals surface area (Å²) in [6, 6.07) is 4.52. The predicted molar refractivity (Wildman–Crippen MR) is 98.9 cm³/mol. The van der Waals surface area contributed by atoms with Crippen molar-refractivity contribution in [1.29, 1.82) is 0 Å². The van der Waals surface area contributed by atoms with Crippen LogP contribution in [0.25, 0.3) is 0 Å². The molecule has 2 unspecified atom stereocenters. The summed E-state index contributed by atoms with van der Waals surface area (Å²) in [5, 5.41) is 1.43. The Morgan fingerprint density at radius 1 is 1.08 bits per heavy atom. The Morgan fingerprint density at radius 3 is 2.25 bits per heavy atom. The third kappa shape index (κ3) is 4.66. The Balaban J connectivity index is 1.63. The first-order valence-corrected chi connectivity index (χ1v) is 9.79. The zero-order valence-electron chi connectivity index (χ0n) is 15.2. The maximum absolute atomic E-state index is 5.96. The molecule has 2 aliphatic heterocycles. The van der Waals surface area contributed by atoms with E-state index < -0.39 is 0 Å². The first kappa shape index (κ1) is 18.1. The highest BCUT2D eigenvalue weighted by atomic mass is 32.2. The van der Waals surface area contributed by atoms with Crippen LogP contribution in [0.4, 0.5) is 0 Å². The van der Waals surface area contributed by atoms with E-state index in [4.69, 9.17) is 14.2 Å². The van der Waals surface area contributed by atoms with Crippen LogP contribution >= 0.6 is 11.8 Å². The first-order chi connectivity index (χ1) is 11.5. The molecule has 4 nitrogen and oxygen atoms in total. The van der Waals surface area contributed by atoms with Crippen molar-refractivity contribution in [1.82, 2.24) is 4.90 Å². The standard InChI is InChI=1S/C19H29NO3S/c1-13-7-17(11-20-9-15(3)24-16(4)10-20)8-14(2)19(13)23-12-18-21-5-6-22-18/h7-8,15-16,18H,5-6,9-12H2,1-4H3. The van der Waals surface area contributed by atoms with Gasteiger partial charge >= 0.3 is 0 Å². The first-order valence-electron chi connectivity index (χ1n) is 8.85. The molecule has 0 aromatic heterocycles. The molecule has 2 heterocycles. The molecule has 1 aromatic carbocycles. The second kappa shape index (κ2) is 8.09. The Labute approximate surface area is 149 Å². The number of nitrogens with zero attached hydrogens (tertiary/aromatic N) is 1. The molecule has 5 heteroatoms. The van der Waals surface area contributed by atoms with Crippen molar-refractivity contribution in [3.05, 3.63) is 28.8 Å². The number of ether oxygens (including phenoxy) is 3. The van der Waals surface area contributed by atoms with Crippen LogP contribution in [-0.2, 0) is 16.0 Å². The molecule has 0 aliphatic carbocycles. The number of hydrogen-bond acceptors (Lipinski definition) is 5. The minimum Gasteiger partial charge on any atom is -0.488 e. The van der Waals surface area contributed by atoms with E-state index >= 15 is 0 Å². The van der Waals surface area contributed by atoms with E-state index in [1.54, 1.807) is 0 Å². The highest BCUT2D eigenvalue weighted by Gasteiger charge is 2.23. The summed E-state index contributed by atoms with van der Waals surface area (Å²) in [4.78, 5) is 2.57. The molecule has 0 saturated carbocycles. The fraction of sp³-hybridized carbons (Fsp3) is 0.684. The zero-order valence-corrected chi connectivity index (χ0v) is 16.0. The number of benzene rings is 1. The lowest BCUT2D eigenvalue weighted by Gasteiger charge is -2.34. The molecule has 134 valence electrons. The van der Waals surface area contributed by atoms with Gasteiger partial charge in [-0.25, -0.2) is 0 Å². The molecule has 3 rings (SSSR count). The minimum atomic E-state index is -0.225. The monoisotopic (exact) mass is 351 g/mol. The van der Waals surface area contributed by atoms with Crippen LogP contribution in [0.15, 0.2) is 12.1 Å². The smallest absolute Gasteiger partial charge is 0.191 e. The van der Waals surface area contributed by atoms with E-state index in [1.807, 2.05) is 0 Å². The lowest BCUT2D eigenvalue weighted by atomic mass is 10.0. The average molecular weight is 352 g/mol. The van der Waals surface area contributed by atoms with E-state index in [9.17, 15) is 0 Å².